The van der Waals surface area contributed by atoms with Crippen molar-refractivity contribution in [3.05, 3.63) is 11.6 Å². The first kappa shape index (κ1) is 17.2. The van der Waals surface area contributed by atoms with E-state index in [2.05, 4.69) is 0 Å². The fraction of sp³-hybridized carbons (Fsp3) is 0.789. The zero-order chi connectivity index (χ0) is 18.5. The molecule has 3 fully saturated rings. The van der Waals surface area contributed by atoms with Crippen LogP contribution in [0.2, 0.25) is 0 Å². The van der Waals surface area contributed by atoms with Crippen LogP contribution in [0.3, 0.4) is 0 Å². The maximum atomic E-state index is 12.6. The van der Waals surface area contributed by atoms with Gasteiger partial charge in [0, 0.05) is 16.7 Å². The molecule has 1 saturated heterocycles. The predicted octanol–water partition coefficient (Wildman–Crippen LogP) is 0.438. The van der Waals surface area contributed by atoms with Crippen LogP contribution in [0.25, 0.3) is 0 Å². The second-order valence-corrected chi connectivity index (χ2v) is 8.93. The first-order valence-electron chi connectivity index (χ1n) is 9.03. The molecule has 0 aromatic carbocycles. The van der Waals surface area contributed by atoms with E-state index in [1.54, 1.807) is 6.92 Å². The van der Waals surface area contributed by atoms with Gasteiger partial charge in [-0.15, -0.1) is 0 Å². The number of allylic oxidation sites excluding steroid dienone is 1. The molecule has 0 radical (unpaired) electrons. The Labute approximate surface area is 146 Å². The molecule has 3 N–H and O–H groups in total. The van der Waals surface area contributed by atoms with Gasteiger partial charge in [-0.3, -0.25) is 9.59 Å². The summed E-state index contributed by atoms with van der Waals surface area (Å²) in [6.07, 6.45) is -1.90. The molecule has 6 heteroatoms. The summed E-state index contributed by atoms with van der Waals surface area (Å²) in [6.45, 7) is 7.33. The molecule has 0 bridgehead atoms. The average molecular weight is 350 g/mol. The molecule has 4 rings (SSSR count). The number of fused-ring (bicyclic) bond motifs is 2. The zero-order valence-electron chi connectivity index (χ0n) is 15.0. The van der Waals surface area contributed by atoms with Crippen molar-refractivity contribution < 1.29 is 29.6 Å². The van der Waals surface area contributed by atoms with Crippen molar-refractivity contribution >= 4 is 11.8 Å². The summed E-state index contributed by atoms with van der Waals surface area (Å²) in [7, 11) is 0. The van der Waals surface area contributed by atoms with Gasteiger partial charge in [0.1, 0.15) is 12.2 Å². The molecule has 10 atom stereocenters. The monoisotopic (exact) mass is 350 g/mol. The summed E-state index contributed by atoms with van der Waals surface area (Å²) in [5.74, 6) is -2.52. The van der Waals surface area contributed by atoms with Gasteiger partial charge in [-0.1, -0.05) is 26.3 Å². The highest BCUT2D eigenvalue weighted by molar-refractivity contribution is 5.96. The molecular weight excluding hydrogens is 324 g/mol. The van der Waals surface area contributed by atoms with E-state index in [1.165, 1.54) is 6.08 Å². The van der Waals surface area contributed by atoms with E-state index < -0.39 is 46.9 Å². The van der Waals surface area contributed by atoms with Gasteiger partial charge < -0.3 is 20.1 Å². The van der Waals surface area contributed by atoms with E-state index >= 15 is 0 Å². The van der Waals surface area contributed by atoms with Crippen LogP contribution in [-0.4, -0.2) is 51.5 Å². The van der Waals surface area contributed by atoms with E-state index in [1.807, 2.05) is 20.8 Å². The smallest absolute Gasteiger partial charge is 0.310 e. The average Bonchev–Trinajstić information content (AvgIpc) is 2.78. The Balaban J connectivity index is 1.95. The molecule has 0 aromatic rings. The number of aliphatic hydroxyl groups is 3. The van der Waals surface area contributed by atoms with Gasteiger partial charge in [-0.05, 0) is 31.3 Å². The maximum absolute atomic E-state index is 12.6. The first-order chi connectivity index (χ1) is 11.6. The Morgan fingerprint density at radius 2 is 1.76 bits per heavy atom. The molecule has 10 unspecified atom stereocenters. The number of aliphatic hydroxyl groups excluding tert-OH is 3. The van der Waals surface area contributed by atoms with Crippen molar-refractivity contribution in [3.8, 4) is 0 Å². The third-order valence-corrected chi connectivity index (χ3v) is 7.95. The Kier molecular flexibility index (Phi) is 3.39. The SMILES string of the molecule is CC1=CC(=O)C(O)C2(C)C1CC1OC(=O)C3C(C)C(O)C(O)C2C13C. The first-order valence-corrected chi connectivity index (χ1v) is 9.03. The highest BCUT2D eigenvalue weighted by atomic mass is 16.6. The summed E-state index contributed by atoms with van der Waals surface area (Å²) in [5.41, 5.74) is -0.840. The van der Waals surface area contributed by atoms with Crippen LogP contribution in [0, 0.1) is 34.5 Å². The van der Waals surface area contributed by atoms with Crippen LogP contribution >= 0.6 is 0 Å². The quantitative estimate of drug-likeness (QED) is 0.548. The largest absolute Gasteiger partial charge is 0.461 e. The van der Waals surface area contributed by atoms with Crippen molar-refractivity contribution in [2.75, 3.05) is 0 Å². The van der Waals surface area contributed by atoms with Crippen LogP contribution in [0.5, 0.6) is 0 Å². The summed E-state index contributed by atoms with van der Waals surface area (Å²) in [5, 5.41) is 32.4. The minimum Gasteiger partial charge on any atom is -0.461 e. The number of carbonyl (C=O) groups excluding carboxylic acids is 2. The fourth-order valence-electron chi connectivity index (χ4n) is 6.82. The number of hydrogen-bond acceptors (Lipinski definition) is 6. The fourth-order valence-corrected chi connectivity index (χ4v) is 6.82. The number of rotatable bonds is 0. The lowest BCUT2D eigenvalue weighted by Gasteiger charge is -2.64. The topological polar surface area (TPSA) is 104 Å². The number of ether oxygens (including phenoxy) is 1. The number of hydrogen-bond donors (Lipinski definition) is 3. The van der Waals surface area contributed by atoms with Gasteiger partial charge in [0.25, 0.3) is 0 Å². The van der Waals surface area contributed by atoms with Crippen LogP contribution in [-0.2, 0) is 14.3 Å². The maximum Gasteiger partial charge on any atom is 0.310 e. The van der Waals surface area contributed by atoms with E-state index in [0.29, 0.717) is 6.42 Å². The van der Waals surface area contributed by atoms with Crippen LogP contribution < -0.4 is 0 Å². The molecular formula is C19H26O6. The van der Waals surface area contributed by atoms with E-state index in [0.717, 1.165) is 5.57 Å². The van der Waals surface area contributed by atoms with Gasteiger partial charge >= 0.3 is 5.97 Å². The molecule has 25 heavy (non-hydrogen) atoms. The zero-order valence-corrected chi connectivity index (χ0v) is 15.0. The van der Waals surface area contributed by atoms with Crippen LogP contribution in [0.1, 0.15) is 34.1 Å². The molecule has 1 heterocycles. The third-order valence-electron chi connectivity index (χ3n) is 7.95. The van der Waals surface area contributed by atoms with Gasteiger partial charge in [0.2, 0.25) is 0 Å². The van der Waals surface area contributed by atoms with Gasteiger partial charge in [-0.25, -0.2) is 0 Å². The number of carbonyl (C=O) groups is 2. The Morgan fingerprint density at radius 3 is 2.40 bits per heavy atom. The summed E-state index contributed by atoms with van der Waals surface area (Å²) < 4.78 is 5.70. The second-order valence-electron chi connectivity index (χ2n) is 8.93. The highest BCUT2D eigenvalue weighted by Gasteiger charge is 2.75. The minimum absolute atomic E-state index is 0.190. The van der Waals surface area contributed by atoms with E-state index in [9.17, 15) is 24.9 Å². The predicted molar refractivity (Wildman–Crippen MR) is 87.1 cm³/mol. The van der Waals surface area contributed by atoms with Crippen molar-refractivity contribution in [2.24, 2.45) is 34.5 Å². The Morgan fingerprint density at radius 1 is 1.12 bits per heavy atom. The molecule has 6 nitrogen and oxygen atoms in total. The molecule has 1 aliphatic heterocycles. The lowest BCUT2D eigenvalue weighted by molar-refractivity contribution is -0.240. The summed E-state index contributed by atoms with van der Waals surface area (Å²) in [4.78, 5) is 25.0. The second kappa shape index (κ2) is 4.93. The summed E-state index contributed by atoms with van der Waals surface area (Å²) >= 11 is 0. The third kappa shape index (κ3) is 1.76. The normalized spacial score (nSPS) is 57.5. The molecule has 0 aromatic heterocycles. The van der Waals surface area contributed by atoms with Crippen LogP contribution in [0.15, 0.2) is 11.6 Å². The number of ketones is 1. The van der Waals surface area contributed by atoms with Gasteiger partial charge in [-0.2, -0.15) is 0 Å². The minimum atomic E-state index is -1.27. The van der Waals surface area contributed by atoms with Crippen LogP contribution in [0.4, 0.5) is 0 Å². The van der Waals surface area contributed by atoms with E-state index in [-0.39, 0.29) is 23.8 Å². The van der Waals surface area contributed by atoms with E-state index in [4.69, 9.17) is 4.74 Å². The Bertz CT molecular complexity index is 685. The van der Waals surface area contributed by atoms with Gasteiger partial charge in [0.15, 0.2) is 5.78 Å². The standard InChI is InChI=1S/C19H26O6/c1-7-5-10(20)16(23)18(3)9(7)6-11-19(4)12(17(24)25-11)8(2)13(21)14(22)15(18)19/h5,8-9,11-16,21-23H,6H2,1-4H3. The summed E-state index contributed by atoms with van der Waals surface area (Å²) in [6, 6.07) is 0. The molecule has 4 aliphatic rings. The molecule has 0 amide bonds. The molecule has 2 saturated carbocycles. The molecule has 3 aliphatic carbocycles. The van der Waals surface area contributed by atoms with Crippen molar-refractivity contribution in [1.29, 1.82) is 0 Å². The lowest BCUT2D eigenvalue weighted by atomic mass is 9.40. The molecule has 0 spiro atoms. The lowest BCUT2D eigenvalue weighted by Crippen LogP contribution is -2.70. The number of esters is 1. The highest BCUT2D eigenvalue weighted by Crippen LogP contribution is 2.68. The van der Waals surface area contributed by atoms with Crippen molar-refractivity contribution in [3.63, 3.8) is 0 Å². The molecule has 138 valence electrons. The van der Waals surface area contributed by atoms with Gasteiger partial charge in [0.05, 0.1) is 18.1 Å². The van der Waals surface area contributed by atoms with Crippen molar-refractivity contribution in [1.82, 2.24) is 0 Å². The van der Waals surface area contributed by atoms with Crippen molar-refractivity contribution in [2.45, 2.75) is 58.5 Å². The Hall–Kier alpha value is -1.24.